The Morgan fingerprint density at radius 2 is 1.91 bits per heavy atom. The van der Waals surface area contributed by atoms with Crippen LogP contribution in [0.25, 0.3) is 0 Å². The zero-order chi connectivity index (χ0) is 15.5. The molecule has 2 aliphatic rings. The summed E-state index contributed by atoms with van der Waals surface area (Å²) in [5.41, 5.74) is 2.92. The molecule has 1 aliphatic heterocycles. The fraction of sp³-hybridized carbons (Fsp3) is 0.684. The highest BCUT2D eigenvalue weighted by atomic mass is 15.3. The first-order valence-corrected chi connectivity index (χ1v) is 8.83. The Balaban J connectivity index is 1.38. The third-order valence-corrected chi connectivity index (χ3v) is 5.30. The highest BCUT2D eigenvalue weighted by Gasteiger charge is 2.31. The summed E-state index contributed by atoms with van der Waals surface area (Å²) >= 11 is 0. The molecule has 3 heteroatoms. The molecule has 1 saturated carbocycles. The van der Waals surface area contributed by atoms with Crippen molar-refractivity contribution < 1.29 is 0 Å². The van der Waals surface area contributed by atoms with Crippen LogP contribution in [0.4, 0.5) is 0 Å². The maximum Gasteiger partial charge on any atom is 0.0169 e. The predicted octanol–water partition coefficient (Wildman–Crippen LogP) is 2.47. The van der Waals surface area contributed by atoms with Crippen molar-refractivity contribution in [3.63, 3.8) is 0 Å². The van der Waals surface area contributed by atoms with E-state index in [0.29, 0.717) is 12.1 Å². The molecular formula is C19H31N3. The van der Waals surface area contributed by atoms with Gasteiger partial charge < -0.3 is 10.2 Å². The number of rotatable bonds is 5. The SMILES string of the molecule is Cc1cccc(C2CC(N[C@@H](C)CN3CCN(C)CC3)C2)c1. The molecule has 1 aromatic rings. The van der Waals surface area contributed by atoms with E-state index in [0.717, 1.165) is 5.92 Å². The van der Waals surface area contributed by atoms with Gasteiger partial charge in [-0.1, -0.05) is 29.8 Å². The van der Waals surface area contributed by atoms with E-state index in [-0.39, 0.29) is 0 Å². The summed E-state index contributed by atoms with van der Waals surface area (Å²) in [6.45, 7) is 10.6. The highest BCUT2D eigenvalue weighted by Crippen LogP contribution is 2.37. The monoisotopic (exact) mass is 301 g/mol. The first-order chi connectivity index (χ1) is 10.6. The van der Waals surface area contributed by atoms with Crippen LogP contribution < -0.4 is 5.32 Å². The van der Waals surface area contributed by atoms with Gasteiger partial charge in [-0.2, -0.15) is 0 Å². The molecule has 0 unspecified atom stereocenters. The molecule has 1 aromatic carbocycles. The zero-order valence-electron chi connectivity index (χ0n) is 14.4. The fourth-order valence-corrected chi connectivity index (χ4v) is 3.82. The van der Waals surface area contributed by atoms with Crippen molar-refractivity contribution in [2.24, 2.45) is 0 Å². The lowest BCUT2D eigenvalue weighted by Gasteiger charge is -2.40. The minimum atomic E-state index is 0.604. The van der Waals surface area contributed by atoms with Gasteiger partial charge in [0.15, 0.2) is 0 Å². The fourth-order valence-electron chi connectivity index (χ4n) is 3.82. The quantitative estimate of drug-likeness (QED) is 0.901. The van der Waals surface area contributed by atoms with Crippen molar-refractivity contribution in [1.29, 1.82) is 0 Å². The molecule has 0 radical (unpaired) electrons. The van der Waals surface area contributed by atoms with E-state index in [2.05, 4.69) is 60.3 Å². The third-order valence-electron chi connectivity index (χ3n) is 5.30. The number of benzene rings is 1. The molecule has 1 aliphatic carbocycles. The standard InChI is InChI=1S/C19H31N3/c1-15-5-4-6-17(11-15)18-12-19(13-18)20-16(2)14-22-9-7-21(3)8-10-22/h4-6,11,16,18-20H,7-10,12-14H2,1-3H3/t16-,18?,19?/m0/s1. The van der Waals surface area contributed by atoms with Crippen molar-refractivity contribution in [1.82, 2.24) is 15.1 Å². The number of piperazine rings is 1. The Morgan fingerprint density at radius 3 is 2.59 bits per heavy atom. The first kappa shape index (κ1) is 16.0. The topological polar surface area (TPSA) is 18.5 Å². The van der Waals surface area contributed by atoms with Crippen LogP contribution in [0, 0.1) is 6.92 Å². The lowest BCUT2D eigenvalue weighted by atomic mass is 9.75. The second kappa shape index (κ2) is 7.12. The van der Waals surface area contributed by atoms with Crippen molar-refractivity contribution >= 4 is 0 Å². The number of hydrogen-bond donors (Lipinski definition) is 1. The summed E-state index contributed by atoms with van der Waals surface area (Å²) in [5, 5.41) is 3.83. The van der Waals surface area contributed by atoms with E-state index in [1.165, 1.54) is 56.7 Å². The Morgan fingerprint density at radius 1 is 1.18 bits per heavy atom. The molecule has 0 bridgehead atoms. The lowest BCUT2D eigenvalue weighted by Crippen LogP contribution is -2.52. The third kappa shape index (κ3) is 4.09. The van der Waals surface area contributed by atoms with Crippen molar-refractivity contribution in [3.8, 4) is 0 Å². The molecule has 1 N–H and O–H groups in total. The normalized spacial score (nSPS) is 28.3. The van der Waals surface area contributed by atoms with Crippen LogP contribution in [0.3, 0.4) is 0 Å². The molecule has 1 atom stereocenters. The average Bonchev–Trinajstić information content (AvgIpc) is 2.45. The molecule has 1 heterocycles. The van der Waals surface area contributed by atoms with Gasteiger partial charge in [-0.15, -0.1) is 0 Å². The molecule has 2 fully saturated rings. The first-order valence-electron chi connectivity index (χ1n) is 8.83. The predicted molar refractivity (Wildman–Crippen MR) is 93.5 cm³/mol. The van der Waals surface area contributed by atoms with Gasteiger partial charge in [0.1, 0.15) is 0 Å². The van der Waals surface area contributed by atoms with Gasteiger partial charge in [0, 0.05) is 44.8 Å². The molecule has 0 spiro atoms. The molecule has 0 amide bonds. The van der Waals surface area contributed by atoms with Gasteiger partial charge in [-0.25, -0.2) is 0 Å². The number of aryl methyl sites for hydroxylation is 1. The van der Waals surface area contributed by atoms with Crippen molar-refractivity contribution in [3.05, 3.63) is 35.4 Å². The Hall–Kier alpha value is -0.900. The van der Waals surface area contributed by atoms with Crippen LogP contribution in [0.2, 0.25) is 0 Å². The molecule has 3 nitrogen and oxygen atoms in total. The lowest BCUT2D eigenvalue weighted by molar-refractivity contribution is 0.137. The second-order valence-electron chi connectivity index (χ2n) is 7.45. The van der Waals surface area contributed by atoms with Crippen LogP contribution in [0.15, 0.2) is 24.3 Å². The summed E-state index contributed by atoms with van der Waals surface area (Å²) in [5.74, 6) is 0.772. The van der Waals surface area contributed by atoms with Crippen molar-refractivity contribution in [2.45, 2.75) is 44.7 Å². The van der Waals surface area contributed by atoms with E-state index in [9.17, 15) is 0 Å². The molecule has 122 valence electrons. The van der Waals surface area contributed by atoms with E-state index in [1.807, 2.05) is 0 Å². The molecule has 3 rings (SSSR count). The summed E-state index contributed by atoms with van der Waals surface area (Å²) in [6.07, 6.45) is 2.60. The van der Waals surface area contributed by atoms with Gasteiger partial charge in [-0.3, -0.25) is 4.90 Å². The van der Waals surface area contributed by atoms with Crippen LogP contribution in [-0.2, 0) is 0 Å². The molecular weight excluding hydrogens is 270 g/mol. The zero-order valence-corrected chi connectivity index (χ0v) is 14.4. The molecule has 22 heavy (non-hydrogen) atoms. The summed E-state index contributed by atoms with van der Waals surface area (Å²) in [4.78, 5) is 5.03. The highest BCUT2D eigenvalue weighted by molar-refractivity contribution is 5.27. The number of likely N-dealkylation sites (N-methyl/N-ethyl adjacent to an activating group) is 1. The van der Waals surface area contributed by atoms with E-state index >= 15 is 0 Å². The van der Waals surface area contributed by atoms with Gasteiger partial charge >= 0.3 is 0 Å². The van der Waals surface area contributed by atoms with E-state index < -0.39 is 0 Å². The summed E-state index contributed by atoms with van der Waals surface area (Å²) < 4.78 is 0. The minimum Gasteiger partial charge on any atom is -0.310 e. The van der Waals surface area contributed by atoms with Gasteiger partial charge in [0.05, 0.1) is 0 Å². The summed E-state index contributed by atoms with van der Waals surface area (Å²) in [6, 6.07) is 10.4. The van der Waals surface area contributed by atoms with Crippen LogP contribution in [0.1, 0.15) is 36.8 Å². The van der Waals surface area contributed by atoms with Crippen LogP contribution in [0.5, 0.6) is 0 Å². The Bertz CT molecular complexity index is 473. The van der Waals surface area contributed by atoms with Gasteiger partial charge in [0.2, 0.25) is 0 Å². The van der Waals surface area contributed by atoms with Gasteiger partial charge in [-0.05, 0) is 45.2 Å². The number of nitrogens with zero attached hydrogens (tertiary/aromatic N) is 2. The van der Waals surface area contributed by atoms with Crippen molar-refractivity contribution in [2.75, 3.05) is 39.8 Å². The molecule has 1 saturated heterocycles. The maximum absolute atomic E-state index is 3.83. The Kier molecular flexibility index (Phi) is 5.17. The minimum absolute atomic E-state index is 0.604. The van der Waals surface area contributed by atoms with E-state index in [1.54, 1.807) is 0 Å². The van der Waals surface area contributed by atoms with E-state index in [4.69, 9.17) is 0 Å². The van der Waals surface area contributed by atoms with Crippen LogP contribution in [-0.4, -0.2) is 61.7 Å². The van der Waals surface area contributed by atoms with Crippen LogP contribution >= 0.6 is 0 Å². The van der Waals surface area contributed by atoms with Gasteiger partial charge in [0.25, 0.3) is 0 Å². The average molecular weight is 301 g/mol. The maximum atomic E-state index is 3.83. The number of nitrogens with one attached hydrogen (secondary N) is 1. The molecule has 0 aromatic heterocycles. The Labute approximate surface area is 135 Å². The largest absolute Gasteiger partial charge is 0.310 e. The second-order valence-corrected chi connectivity index (χ2v) is 7.45. The summed E-state index contributed by atoms with van der Waals surface area (Å²) in [7, 11) is 2.22. The number of hydrogen-bond acceptors (Lipinski definition) is 3. The smallest absolute Gasteiger partial charge is 0.0169 e.